The number of nitrogens with one attached hydrogen (secondary N) is 1. The summed E-state index contributed by atoms with van der Waals surface area (Å²) >= 11 is 0. The number of halogens is 4. The lowest BCUT2D eigenvalue weighted by molar-refractivity contribution is -0.141. The summed E-state index contributed by atoms with van der Waals surface area (Å²) in [6.07, 6.45) is -0.443. The van der Waals surface area contributed by atoms with Gasteiger partial charge in [0.1, 0.15) is 11.5 Å². The van der Waals surface area contributed by atoms with Crippen LogP contribution in [0.5, 0.6) is 5.75 Å². The highest BCUT2D eigenvalue weighted by Crippen LogP contribution is 2.23. The summed E-state index contributed by atoms with van der Waals surface area (Å²) in [5.74, 6) is -1.22. The van der Waals surface area contributed by atoms with E-state index in [2.05, 4.69) is 14.8 Å². The van der Waals surface area contributed by atoms with Gasteiger partial charge in [-0.05, 0) is 17.7 Å². The van der Waals surface area contributed by atoms with Crippen molar-refractivity contribution >= 4 is 11.7 Å². The Hall–Kier alpha value is -2.16. The molecule has 26 heavy (non-hydrogen) atoms. The largest absolute Gasteiger partial charge is 0.435 e. The Kier molecular flexibility index (Phi) is 8.01. The van der Waals surface area contributed by atoms with E-state index in [0.717, 1.165) is 0 Å². The minimum Gasteiger partial charge on any atom is -0.435 e. The van der Waals surface area contributed by atoms with Gasteiger partial charge in [-0.3, -0.25) is 9.59 Å². The maximum atomic E-state index is 12.4. The van der Waals surface area contributed by atoms with Crippen molar-refractivity contribution in [3.05, 3.63) is 29.8 Å². The normalized spacial score (nSPS) is 13.0. The topological polar surface area (TPSA) is 64.6 Å². The third-order valence-electron chi connectivity index (χ3n) is 3.37. The van der Waals surface area contributed by atoms with Gasteiger partial charge >= 0.3 is 13.2 Å². The molecule has 1 atom stereocenters. The van der Waals surface area contributed by atoms with Crippen LogP contribution in [0.15, 0.2) is 24.3 Å². The van der Waals surface area contributed by atoms with Crippen molar-refractivity contribution < 1.29 is 36.6 Å². The minimum atomic E-state index is -3.08. The summed E-state index contributed by atoms with van der Waals surface area (Å²) < 4.78 is 57.8. The van der Waals surface area contributed by atoms with Crippen molar-refractivity contribution in [1.82, 2.24) is 5.32 Å². The number of hydrogen-bond acceptors (Lipinski definition) is 4. The van der Waals surface area contributed by atoms with Gasteiger partial charge in [-0.1, -0.05) is 32.9 Å². The Bertz CT molecular complexity index is 617. The van der Waals surface area contributed by atoms with Crippen molar-refractivity contribution in [3.8, 4) is 5.75 Å². The van der Waals surface area contributed by atoms with Crippen molar-refractivity contribution in [2.24, 2.45) is 5.41 Å². The zero-order valence-corrected chi connectivity index (χ0v) is 14.6. The fourth-order valence-electron chi connectivity index (χ4n) is 1.95. The average molecular weight is 379 g/mol. The number of alkyl halides is 4. The Labute approximate surface area is 148 Å². The van der Waals surface area contributed by atoms with E-state index in [1.54, 1.807) is 20.8 Å². The lowest BCUT2D eigenvalue weighted by atomic mass is 9.89. The molecule has 0 radical (unpaired) electrons. The van der Waals surface area contributed by atoms with Gasteiger partial charge in [0.2, 0.25) is 5.91 Å². The van der Waals surface area contributed by atoms with Gasteiger partial charge in [0.05, 0.1) is 19.1 Å². The third kappa shape index (κ3) is 7.81. The predicted molar refractivity (Wildman–Crippen MR) is 85.0 cm³/mol. The molecule has 1 aromatic rings. The lowest BCUT2D eigenvalue weighted by Crippen LogP contribution is -2.35. The molecular formula is C17H21F4NO4. The molecule has 0 heterocycles. The van der Waals surface area contributed by atoms with Crippen LogP contribution in [0.25, 0.3) is 0 Å². The zero-order chi connectivity index (χ0) is 19.9. The van der Waals surface area contributed by atoms with E-state index >= 15 is 0 Å². The quantitative estimate of drug-likeness (QED) is 0.525. The molecule has 0 bridgehead atoms. The molecule has 1 unspecified atom stereocenters. The summed E-state index contributed by atoms with van der Waals surface area (Å²) in [6.45, 7) is -1.81. The average Bonchev–Trinajstić information content (AvgIpc) is 2.49. The smallest absolute Gasteiger partial charge is 0.387 e. The molecular weight excluding hydrogens is 358 g/mol. The molecule has 0 saturated heterocycles. The molecule has 5 nitrogen and oxygen atoms in total. The zero-order valence-electron chi connectivity index (χ0n) is 14.6. The SMILES string of the molecule is CC(C)(C)C(=O)CC(=O)NC(COC(F)F)c1cccc(OC(F)F)c1. The maximum absolute atomic E-state index is 12.4. The van der Waals surface area contributed by atoms with Crippen molar-refractivity contribution in [2.45, 2.75) is 46.5 Å². The molecule has 1 rings (SSSR count). The first-order valence-corrected chi connectivity index (χ1v) is 7.76. The highest BCUT2D eigenvalue weighted by Gasteiger charge is 2.25. The van der Waals surface area contributed by atoms with Crippen LogP contribution < -0.4 is 10.1 Å². The van der Waals surface area contributed by atoms with E-state index in [1.165, 1.54) is 24.3 Å². The van der Waals surface area contributed by atoms with Crippen LogP contribution >= 0.6 is 0 Å². The van der Waals surface area contributed by atoms with Crippen LogP contribution in [-0.4, -0.2) is 31.5 Å². The summed E-state index contributed by atoms with van der Waals surface area (Å²) in [5, 5.41) is 2.41. The van der Waals surface area contributed by atoms with Gasteiger partial charge in [0.25, 0.3) is 0 Å². The number of Topliss-reactive ketones (excluding diaryl/α,β-unsaturated/α-hetero) is 1. The summed E-state index contributed by atoms with van der Waals surface area (Å²) in [5.41, 5.74) is -0.516. The second kappa shape index (κ2) is 9.51. The van der Waals surface area contributed by atoms with Gasteiger partial charge in [0.15, 0.2) is 0 Å². The molecule has 1 amide bonds. The van der Waals surface area contributed by atoms with E-state index in [4.69, 9.17) is 0 Å². The highest BCUT2D eigenvalue weighted by atomic mass is 19.3. The van der Waals surface area contributed by atoms with Gasteiger partial charge in [-0.25, -0.2) is 0 Å². The Balaban J connectivity index is 2.91. The molecule has 146 valence electrons. The Morgan fingerprint density at radius 1 is 1.12 bits per heavy atom. The first-order valence-electron chi connectivity index (χ1n) is 7.76. The Morgan fingerprint density at radius 3 is 2.31 bits per heavy atom. The van der Waals surface area contributed by atoms with Gasteiger partial charge in [-0.2, -0.15) is 17.6 Å². The number of rotatable bonds is 9. The van der Waals surface area contributed by atoms with Crippen LogP contribution in [0.1, 0.15) is 38.8 Å². The second-order valence-corrected chi connectivity index (χ2v) is 6.52. The molecule has 1 N–H and O–H groups in total. The number of amides is 1. The second-order valence-electron chi connectivity index (χ2n) is 6.52. The highest BCUT2D eigenvalue weighted by molar-refractivity contribution is 6.00. The molecule has 0 aromatic heterocycles. The van der Waals surface area contributed by atoms with Crippen molar-refractivity contribution in [2.75, 3.05) is 6.61 Å². The minimum absolute atomic E-state index is 0.195. The first kappa shape index (κ1) is 21.9. The van der Waals surface area contributed by atoms with E-state index in [1.807, 2.05) is 0 Å². The molecule has 0 aliphatic carbocycles. The van der Waals surface area contributed by atoms with Gasteiger partial charge < -0.3 is 14.8 Å². The molecule has 0 fully saturated rings. The fourth-order valence-corrected chi connectivity index (χ4v) is 1.95. The van der Waals surface area contributed by atoms with Crippen LogP contribution in [0, 0.1) is 5.41 Å². The number of ether oxygens (including phenoxy) is 2. The number of hydrogen-bond donors (Lipinski definition) is 1. The van der Waals surface area contributed by atoms with Crippen LogP contribution in [0.3, 0.4) is 0 Å². The van der Waals surface area contributed by atoms with Gasteiger partial charge in [0, 0.05) is 5.41 Å². The molecule has 0 spiro atoms. The van der Waals surface area contributed by atoms with Crippen LogP contribution in [0.2, 0.25) is 0 Å². The molecule has 0 saturated carbocycles. The van der Waals surface area contributed by atoms with E-state index in [9.17, 15) is 27.2 Å². The monoisotopic (exact) mass is 379 g/mol. The standard InChI is InChI=1S/C17H21F4NO4/c1-17(2,3)13(23)8-14(24)22-12(9-25-15(18)19)10-5-4-6-11(7-10)26-16(20)21/h4-7,12,15-16H,8-9H2,1-3H3,(H,22,24). The molecule has 0 aliphatic heterocycles. The van der Waals surface area contributed by atoms with E-state index < -0.39 is 43.6 Å². The molecule has 9 heteroatoms. The predicted octanol–water partition coefficient (Wildman–Crippen LogP) is 3.69. The maximum Gasteiger partial charge on any atom is 0.387 e. The fraction of sp³-hybridized carbons (Fsp3) is 0.529. The molecule has 0 aliphatic rings. The summed E-state index contributed by atoms with van der Waals surface area (Å²) in [4.78, 5) is 24.0. The number of carbonyl (C=O) groups is 2. The lowest BCUT2D eigenvalue weighted by Gasteiger charge is -2.21. The summed E-state index contributed by atoms with van der Waals surface area (Å²) in [6, 6.07) is 4.17. The number of ketones is 1. The molecule has 1 aromatic carbocycles. The third-order valence-corrected chi connectivity index (χ3v) is 3.37. The van der Waals surface area contributed by atoms with Crippen LogP contribution in [-0.2, 0) is 14.3 Å². The van der Waals surface area contributed by atoms with E-state index in [-0.39, 0.29) is 17.1 Å². The number of benzene rings is 1. The summed E-state index contributed by atoms with van der Waals surface area (Å²) in [7, 11) is 0. The van der Waals surface area contributed by atoms with Crippen molar-refractivity contribution in [3.63, 3.8) is 0 Å². The van der Waals surface area contributed by atoms with Crippen molar-refractivity contribution in [1.29, 1.82) is 0 Å². The van der Waals surface area contributed by atoms with E-state index in [0.29, 0.717) is 0 Å². The van der Waals surface area contributed by atoms with Crippen LogP contribution in [0.4, 0.5) is 17.6 Å². The first-order chi connectivity index (χ1) is 12.0. The van der Waals surface area contributed by atoms with Gasteiger partial charge in [-0.15, -0.1) is 0 Å². The Morgan fingerprint density at radius 2 is 1.77 bits per heavy atom. The number of carbonyl (C=O) groups excluding carboxylic acids is 2.